The van der Waals surface area contributed by atoms with Gasteiger partial charge in [0.05, 0.1) is 44.1 Å². The number of hydrogen-bond donors (Lipinski definition) is 0. The number of rotatable bonds is 9. The Kier molecular flexibility index (Phi) is 12.1. The van der Waals surface area contributed by atoms with E-state index in [1.807, 2.05) is 0 Å². The lowest BCUT2D eigenvalue weighted by atomic mass is 9.89. The van der Waals surface area contributed by atoms with E-state index in [4.69, 9.17) is 0 Å². The Morgan fingerprint density at radius 1 is 0.135 bits per heavy atom. The van der Waals surface area contributed by atoms with Gasteiger partial charge in [0, 0.05) is 65.8 Å². The fourth-order valence-electron chi connectivity index (χ4n) is 14.3. The molecule has 0 saturated heterocycles. The molecule has 4 nitrogen and oxygen atoms in total. The Hall–Kier alpha value is -11.7. The van der Waals surface area contributed by atoms with Crippen molar-refractivity contribution in [2.45, 2.75) is 7.43 Å². The van der Waals surface area contributed by atoms with Crippen LogP contribution in [0.5, 0.6) is 0 Å². The third-order valence-corrected chi connectivity index (χ3v) is 18.4. The second kappa shape index (κ2) is 20.8. The molecule has 4 heterocycles. The molecule has 14 aromatic carbocycles. The van der Waals surface area contributed by atoms with Gasteiger partial charge < -0.3 is 18.3 Å². The maximum absolute atomic E-state index is 2.40. The van der Waals surface area contributed by atoms with Gasteiger partial charge in [-0.25, -0.2) is 0 Å². The van der Waals surface area contributed by atoms with Gasteiger partial charge in [0.2, 0.25) is 0 Å². The molecule has 4 heteroatoms. The minimum absolute atomic E-state index is 0. The van der Waals surface area contributed by atoms with Gasteiger partial charge in [-0.2, -0.15) is 0 Å². The molecule has 0 unspecified atom stereocenters. The lowest BCUT2D eigenvalue weighted by Crippen LogP contribution is -1.95. The van der Waals surface area contributed by atoms with E-state index in [0.717, 1.165) is 78.4 Å². The molecule has 0 saturated carbocycles. The molecule has 0 bridgehead atoms. The maximum Gasteiger partial charge on any atom is 0.0541 e. The van der Waals surface area contributed by atoms with Gasteiger partial charge >= 0.3 is 0 Å². The SMILES string of the molecule is C.c1ccc2c(c1)c1ccccc1n2-c1ccc(-c2cc(-c3ccc(-n4c5ccccc5c5ccccc54)cc3)cc(-c3cc(-c4ccc(-n5c6ccccc6c6ccccc65)cc4)cc(-c4ccc(-n5c6ccccc6c6ccccc65)cc4)c3)c2)cc1. The van der Waals surface area contributed by atoms with E-state index in [9.17, 15) is 0 Å². The number of aromatic nitrogens is 4. The zero-order valence-corrected chi connectivity index (χ0v) is 48.0. The molecule has 0 atom stereocenters. The Bertz CT molecular complexity index is 4850. The maximum atomic E-state index is 2.40. The number of hydrogen-bond acceptors (Lipinski definition) is 0. The summed E-state index contributed by atoms with van der Waals surface area (Å²) in [6, 6.07) is 121. The van der Waals surface area contributed by atoms with Crippen molar-refractivity contribution < 1.29 is 0 Å². The zero-order chi connectivity index (χ0) is 57.8. The van der Waals surface area contributed by atoms with E-state index in [1.54, 1.807) is 0 Å². The van der Waals surface area contributed by atoms with Crippen LogP contribution in [0, 0.1) is 0 Å². The number of fused-ring (bicyclic) bond motifs is 12. The van der Waals surface area contributed by atoms with Crippen molar-refractivity contribution in [2.24, 2.45) is 0 Å². The molecule has 0 aliphatic heterocycles. The van der Waals surface area contributed by atoms with E-state index < -0.39 is 0 Å². The molecule has 0 aliphatic rings. The normalized spacial score (nSPS) is 11.7. The summed E-state index contributed by atoms with van der Waals surface area (Å²) in [5, 5.41) is 10.0. The first-order valence-corrected chi connectivity index (χ1v) is 30.3. The number of nitrogens with zero attached hydrogens (tertiary/aromatic N) is 4. The van der Waals surface area contributed by atoms with Crippen molar-refractivity contribution in [3.63, 3.8) is 0 Å². The molecule has 0 spiro atoms. The molecular formula is C85H58N4. The van der Waals surface area contributed by atoms with Crippen molar-refractivity contribution in [3.8, 4) is 78.4 Å². The fraction of sp³-hybridized carbons (Fsp3) is 0.0118. The topological polar surface area (TPSA) is 19.7 Å². The molecule has 18 aromatic rings. The first-order valence-electron chi connectivity index (χ1n) is 30.3. The quantitative estimate of drug-likeness (QED) is 0.137. The number of para-hydroxylation sites is 8. The first kappa shape index (κ1) is 51.7. The molecule has 0 radical (unpaired) electrons. The molecule has 0 aliphatic carbocycles. The van der Waals surface area contributed by atoms with Gasteiger partial charge in [0.1, 0.15) is 0 Å². The van der Waals surface area contributed by atoms with Crippen molar-refractivity contribution >= 4 is 87.2 Å². The van der Waals surface area contributed by atoms with Gasteiger partial charge in [0.15, 0.2) is 0 Å². The van der Waals surface area contributed by atoms with Crippen LogP contribution >= 0.6 is 0 Å². The molecule has 0 amide bonds. The van der Waals surface area contributed by atoms with Gasteiger partial charge in [-0.15, -0.1) is 0 Å². The van der Waals surface area contributed by atoms with Gasteiger partial charge in [0.25, 0.3) is 0 Å². The van der Waals surface area contributed by atoms with E-state index in [1.165, 1.54) is 87.2 Å². The van der Waals surface area contributed by atoms with Gasteiger partial charge in [-0.1, -0.05) is 202 Å². The molecule has 89 heavy (non-hydrogen) atoms. The lowest BCUT2D eigenvalue weighted by Gasteiger charge is -2.16. The number of benzene rings is 14. The van der Waals surface area contributed by atoms with Crippen LogP contribution < -0.4 is 0 Å². The lowest BCUT2D eigenvalue weighted by molar-refractivity contribution is 1.18. The van der Waals surface area contributed by atoms with Crippen LogP contribution in [0.4, 0.5) is 0 Å². The predicted molar refractivity (Wildman–Crippen MR) is 378 cm³/mol. The van der Waals surface area contributed by atoms with E-state index in [2.05, 4.69) is 346 Å². The molecule has 4 aromatic heterocycles. The van der Waals surface area contributed by atoms with E-state index in [-0.39, 0.29) is 7.43 Å². The Labute approximate surface area is 515 Å². The highest BCUT2D eigenvalue weighted by atomic mass is 15.0. The van der Waals surface area contributed by atoms with Crippen molar-refractivity contribution in [1.82, 2.24) is 18.3 Å². The van der Waals surface area contributed by atoms with Crippen molar-refractivity contribution in [3.05, 3.63) is 328 Å². The Balaban J connectivity index is 0.00000612. The van der Waals surface area contributed by atoms with E-state index >= 15 is 0 Å². The summed E-state index contributed by atoms with van der Waals surface area (Å²) in [6.07, 6.45) is 0. The van der Waals surface area contributed by atoms with Crippen LogP contribution in [-0.4, -0.2) is 18.3 Å². The predicted octanol–water partition coefficient (Wildman–Crippen LogP) is 23.0. The van der Waals surface area contributed by atoms with Crippen LogP contribution in [0.1, 0.15) is 7.43 Å². The van der Waals surface area contributed by atoms with Crippen molar-refractivity contribution in [2.75, 3.05) is 0 Å². The van der Waals surface area contributed by atoms with Gasteiger partial charge in [-0.3, -0.25) is 0 Å². The molecule has 0 fully saturated rings. The first-order chi connectivity index (χ1) is 43.6. The van der Waals surface area contributed by atoms with Crippen LogP contribution in [0.25, 0.3) is 166 Å². The molecule has 0 N–H and O–H groups in total. The van der Waals surface area contributed by atoms with Crippen LogP contribution in [-0.2, 0) is 0 Å². The Morgan fingerprint density at radius 2 is 0.270 bits per heavy atom. The zero-order valence-electron chi connectivity index (χ0n) is 48.0. The van der Waals surface area contributed by atoms with Crippen molar-refractivity contribution in [1.29, 1.82) is 0 Å². The highest BCUT2D eigenvalue weighted by Crippen LogP contribution is 2.42. The largest absolute Gasteiger partial charge is 0.309 e. The third-order valence-electron chi connectivity index (χ3n) is 18.4. The second-order valence-electron chi connectivity index (χ2n) is 23.3. The van der Waals surface area contributed by atoms with Crippen LogP contribution in [0.15, 0.2) is 328 Å². The molecular weight excluding hydrogens is 1080 g/mol. The van der Waals surface area contributed by atoms with Crippen LogP contribution in [0.2, 0.25) is 0 Å². The van der Waals surface area contributed by atoms with Gasteiger partial charge in [-0.05, 0) is 189 Å². The third kappa shape index (κ3) is 8.37. The van der Waals surface area contributed by atoms with Crippen LogP contribution in [0.3, 0.4) is 0 Å². The second-order valence-corrected chi connectivity index (χ2v) is 23.3. The highest BCUT2D eigenvalue weighted by molar-refractivity contribution is 6.12. The highest BCUT2D eigenvalue weighted by Gasteiger charge is 2.19. The smallest absolute Gasteiger partial charge is 0.0541 e. The molecule has 418 valence electrons. The summed E-state index contributed by atoms with van der Waals surface area (Å²) in [5.74, 6) is 0. The summed E-state index contributed by atoms with van der Waals surface area (Å²) in [5.41, 5.74) is 25.5. The standard InChI is InChI=1S/C84H54N4.CH4/c1-9-25-77-69(17-1)70-18-2-10-26-78(70)85(77)65-41-33-55(34-42-65)59-49-60(56-35-43-66(44-36-56)86-79-27-11-3-19-71(79)72-20-4-12-28-80(72)86)52-63(51-59)64-53-61(57-37-45-67(46-38-57)87-81-29-13-5-21-73(81)74-22-6-14-30-82(74)87)50-62(54-64)58-39-47-68(48-40-58)88-83-31-15-7-23-75(83)76-24-8-16-32-84(76)88;/h1-54H;1H4. The Morgan fingerprint density at radius 3 is 0.427 bits per heavy atom. The minimum atomic E-state index is 0. The fourth-order valence-corrected chi connectivity index (χ4v) is 14.3. The monoisotopic (exact) mass is 1130 g/mol. The average Bonchev–Trinajstić information content (AvgIpc) is 1.90. The van der Waals surface area contributed by atoms with E-state index in [0.29, 0.717) is 0 Å². The summed E-state index contributed by atoms with van der Waals surface area (Å²) in [6.45, 7) is 0. The minimum Gasteiger partial charge on any atom is -0.309 e. The summed E-state index contributed by atoms with van der Waals surface area (Å²) >= 11 is 0. The summed E-state index contributed by atoms with van der Waals surface area (Å²) in [4.78, 5) is 0. The molecule has 18 rings (SSSR count). The summed E-state index contributed by atoms with van der Waals surface area (Å²) in [7, 11) is 0. The summed E-state index contributed by atoms with van der Waals surface area (Å²) < 4.78 is 9.58. The average molecular weight is 1140 g/mol.